The highest BCUT2D eigenvalue weighted by Crippen LogP contribution is 2.39. The summed E-state index contributed by atoms with van der Waals surface area (Å²) in [5.74, 6) is 0. The van der Waals surface area contributed by atoms with E-state index in [2.05, 4.69) is 10.6 Å². The highest BCUT2D eigenvalue weighted by atomic mass is 19.4. The molecule has 2 saturated heterocycles. The molecule has 1 unspecified atom stereocenters. The van der Waals surface area contributed by atoms with Gasteiger partial charge in [-0.3, -0.25) is 0 Å². The summed E-state index contributed by atoms with van der Waals surface area (Å²) in [6.45, 7) is 1.64. The van der Waals surface area contributed by atoms with Gasteiger partial charge in [-0.15, -0.1) is 0 Å². The van der Waals surface area contributed by atoms with E-state index < -0.39 is 41.2 Å². The molecule has 11 heteroatoms. The van der Waals surface area contributed by atoms with E-state index in [4.69, 9.17) is 9.47 Å². The molecule has 2 heterocycles. The zero-order valence-electron chi connectivity index (χ0n) is 19.4. The van der Waals surface area contributed by atoms with Gasteiger partial charge in [0.25, 0.3) is 0 Å². The minimum absolute atomic E-state index is 0.00615. The van der Waals surface area contributed by atoms with Crippen LogP contribution in [0.3, 0.4) is 0 Å². The van der Waals surface area contributed by atoms with Crippen LogP contribution < -0.4 is 10.6 Å². The number of carbonyl (C=O) groups is 1. The van der Waals surface area contributed by atoms with Gasteiger partial charge in [-0.1, -0.05) is 30.3 Å². The number of cyclic esters (lactones) is 1. The number of hydrogen-bond acceptors (Lipinski definition) is 4. The molecule has 1 amide bonds. The maximum absolute atomic E-state index is 13.3. The SMILES string of the molecule is C[C@@H](OC[C@@]1(c2ccccc2)CC[C@H]2NC(=O)OCCC2N1)c1cc(C(F)(F)F)cc(C(F)(F)F)c1. The molecule has 2 N–H and O–H groups in total. The fourth-order valence-corrected chi connectivity index (χ4v) is 4.81. The van der Waals surface area contributed by atoms with Gasteiger partial charge in [0.1, 0.15) is 0 Å². The number of hydrogen-bond donors (Lipinski definition) is 2. The fraction of sp³-hybridized carbons (Fsp3) is 0.480. The summed E-state index contributed by atoms with van der Waals surface area (Å²) in [4.78, 5) is 11.8. The Balaban J connectivity index is 1.60. The Morgan fingerprint density at radius 1 is 1.00 bits per heavy atom. The Morgan fingerprint density at radius 3 is 2.25 bits per heavy atom. The number of benzene rings is 2. The van der Waals surface area contributed by atoms with E-state index in [-0.39, 0.29) is 36.9 Å². The van der Waals surface area contributed by atoms with Crippen LogP contribution in [0.1, 0.15) is 54.5 Å². The number of amides is 1. The molecule has 0 saturated carbocycles. The molecule has 196 valence electrons. The van der Waals surface area contributed by atoms with Crippen molar-refractivity contribution in [3.8, 4) is 0 Å². The van der Waals surface area contributed by atoms with Crippen LogP contribution in [0.5, 0.6) is 0 Å². The number of piperidine rings is 1. The number of ether oxygens (including phenoxy) is 2. The van der Waals surface area contributed by atoms with Crippen LogP contribution in [-0.4, -0.2) is 31.4 Å². The Morgan fingerprint density at radius 2 is 1.64 bits per heavy atom. The van der Waals surface area contributed by atoms with Crippen LogP contribution in [-0.2, 0) is 27.4 Å². The smallest absolute Gasteiger partial charge is 0.416 e. The fourth-order valence-electron chi connectivity index (χ4n) is 4.81. The van der Waals surface area contributed by atoms with E-state index in [1.54, 1.807) is 0 Å². The Hall–Kier alpha value is -2.79. The van der Waals surface area contributed by atoms with Gasteiger partial charge in [-0.2, -0.15) is 26.3 Å². The zero-order chi connectivity index (χ0) is 26.1. The van der Waals surface area contributed by atoms with Crippen LogP contribution in [0, 0.1) is 0 Å². The van der Waals surface area contributed by atoms with Gasteiger partial charge >= 0.3 is 18.4 Å². The van der Waals surface area contributed by atoms with Crippen molar-refractivity contribution in [2.75, 3.05) is 13.2 Å². The van der Waals surface area contributed by atoms with E-state index in [0.717, 1.165) is 5.56 Å². The normalized spacial score (nSPS) is 25.8. The average Bonchev–Trinajstić information content (AvgIpc) is 3.01. The standard InChI is InChI=1S/C25H26F6N2O3/c1-15(16-11-18(24(26,27)28)13-19(12-16)25(29,30)31)36-14-23(17-5-3-2-4-6-17)9-7-20-21(33-23)8-10-35-22(34)32-20/h2-6,11-13,15,20-21,33H,7-10,14H2,1H3,(H,32,34)/t15-,20-,21?,23-/m1/s1. The van der Waals surface area contributed by atoms with Crippen LogP contribution in [0.4, 0.5) is 31.1 Å². The summed E-state index contributed by atoms with van der Waals surface area (Å²) in [7, 11) is 0. The summed E-state index contributed by atoms with van der Waals surface area (Å²) < 4.78 is 91.0. The van der Waals surface area contributed by atoms with Crippen molar-refractivity contribution in [2.24, 2.45) is 0 Å². The molecule has 4 atom stereocenters. The monoisotopic (exact) mass is 516 g/mol. The summed E-state index contributed by atoms with van der Waals surface area (Å²) in [5, 5.41) is 6.37. The molecule has 5 nitrogen and oxygen atoms in total. The van der Waals surface area contributed by atoms with Crippen LogP contribution in [0.25, 0.3) is 0 Å². The van der Waals surface area contributed by atoms with Gasteiger partial charge in [0.15, 0.2) is 0 Å². The lowest BCUT2D eigenvalue weighted by molar-refractivity contribution is -0.143. The lowest BCUT2D eigenvalue weighted by Crippen LogP contribution is -2.62. The topological polar surface area (TPSA) is 59.6 Å². The summed E-state index contributed by atoms with van der Waals surface area (Å²) in [6.07, 6.45) is -9.78. The summed E-state index contributed by atoms with van der Waals surface area (Å²) in [6, 6.07) is 10.5. The van der Waals surface area contributed by atoms with Crippen LogP contribution in [0.2, 0.25) is 0 Å². The average molecular weight is 516 g/mol. The van der Waals surface area contributed by atoms with Crippen molar-refractivity contribution in [3.05, 3.63) is 70.8 Å². The first kappa shape index (κ1) is 26.3. The number of carbonyl (C=O) groups excluding carboxylic acids is 1. The predicted octanol–water partition coefficient (Wildman–Crippen LogP) is 5.95. The summed E-state index contributed by atoms with van der Waals surface area (Å²) >= 11 is 0. The molecular weight excluding hydrogens is 490 g/mol. The van der Waals surface area contributed by atoms with Gasteiger partial charge in [-0.05, 0) is 55.5 Å². The molecule has 2 aliphatic heterocycles. The minimum atomic E-state index is -4.94. The molecule has 0 aromatic heterocycles. The number of alkyl halides is 6. The molecule has 2 aromatic rings. The Kier molecular flexibility index (Phi) is 7.25. The number of fused-ring (bicyclic) bond motifs is 1. The number of rotatable bonds is 5. The molecule has 36 heavy (non-hydrogen) atoms. The molecule has 2 aliphatic rings. The number of halogens is 6. The second kappa shape index (κ2) is 9.93. The van der Waals surface area contributed by atoms with Crippen molar-refractivity contribution in [1.82, 2.24) is 10.6 Å². The molecule has 0 bridgehead atoms. The molecule has 4 rings (SSSR count). The predicted molar refractivity (Wildman–Crippen MR) is 118 cm³/mol. The number of alkyl carbamates (subject to hydrolysis) is 1. The minimum Gasteiger partial charge on any atom is -0.449 e. The quantitative estimate of drug-likeness (QED) is 0.483. The van der Waals surface area contributed by atoms with Gasteiger partial charge in [0.2, 0.25) is 0 Å². The first-order valence-electron chi connectivity index (χ1n) is 11.5. The van der Waals surface area contributed by atoms with E-state index in [9.17, 15) is 31.1 Å². The second-order valence-electron chi connectivity index (χ2n) is 9.21. The van der Waals surface area contributed by atoms with Crippen molar-refractivity contribution < 1.29 is 40.6 Å². The number of nitrogens with one attached hydrogen (secondary N) is 2. The zero-order valence-corrected chi connectivity index (χ0v) is 19.4. The largest absolute Gasteiger partial charge is 0.449 e. The molecule has 0 radical (unpaired) electrons. The van der Waals surface area contributed by atoms with E-state index in [1.807, 2.05) is 30.3 Å². The Bertz CT molecular complexity index is 1040. The van der Waals surface area contributed by atoms with Crippen molar-refractivity contribution in [3.63, 3.8) is 0 Å². The third-order valence-electron chi connectivity index (χ3n) is 6.78. The highest BCUT2D eigenvalue weighted by Gasteiger charge is 2.44. The highest BCUT2D eigenvalue weighted by molar-refractivity contribution is 5.68. The molecule has 0 aliphatic carbocycles. The van der Waals surface area contributed by atoms with Gasteiger partial charge < -0.3 is 20.1 Å². The van der Waals surface area contributed by atoms with Gasteiger partial charge in [-0.25, -0.2) is 4.79 Å². The molecular formula is C25H26F6N2O3. The van der Waals surface area contributed by atoms with Crippen LogP contribution in [0.15, 0.2) is 48.5 Å². The van der Waals surface area contributed by atoms with Crippen molar-refractivity contribution in [1.29, 1.82) is 0 Å². The second-order valence-corrected chi connectivity index (χ2v) is 9.21. The third-order valence-corrected chi connectivity index (χ3v) is 6.78. The van der Waals surface area contributed by atoms with E-state index >= 15 is 0 Å². The molecule has 2 aromatic carbocycles. The first-order valence-corrected chi connectivity index (χ1v) is 11.5. The summed E-state index contributed by atoms with van der Waals surface area (Å²) in [5.41, 5.74) is -2.88. The third kappa shape index (κ3) is 5.78. The van der Waals surface area contributed by atoms with Gasteiger partial charge in [0.05, 0.1) is 36.0 Å². The lowest BCUT2D eigenvalue weighted by Gasteiger charge is -2.46. The molecule has 0 spiro atoms. The lowest BCUT2D eigenvalue weighted by atomic mass is 9.78. The maximum Gasteiger partial charge on any atom is 0.416 e. The first-order chi connectivity index (χ1) is 16.9. The van der Waals surface area contributed by atoms with Crippen molar-refractivity contribution in [2.45, 2.75) is 62.3 Å². The van der Waals surface area contributed by atoms with Crippen molar-refractivity contribution >= 4 is 6.09 Å². The van der Waals surface area contributed by atoms with E-state index in [1.165, 1.54) is 6.92 Å². The molecule has 2 fully saturated rings. The maximum atomic E-state index is 13.3. The van der Waals surface area contributed by atoms with E-state index in [0.29, 0.717) is 31.4 Å². The van der Waals surface area contributed by atoms with Crippen LogP contribution >= 0.6 is 0 Å². The van der Waals surface area contributed by atoms with Gasteiger partial charge in [0, 0.05) is 12.1 Å². The Labute approximate surface area is 204 Å².